The molecular formula is C25H25N3O4. The molecule has 0 unspecified atom stereocenters. The minimum absolute atomic E-state index is 0.199. The molecule has 0 fully saturated rings. The molecule has 0 spiro atoms. The summed E-state index contributed by atoms with van der Waals surface area (Å²) in [5.41, 5.74) is 2.44. The number of hydrogen-bond acceptors (Lipinski definition) is 5. The fourth-order valence-electron chi connectivity index (χ4n) is 3.61. The number of fused-ring (bicyclic) bond motifs is 1. The van der Waals surface area contributed by atoms with Gasteiger partial charge in [-0.25, -0.2) is 9.78 Å². The van der Waals surface area contributed by atoms with Gasteiger partial charge in [-0.2, -0.15) is 0 Å². The van der Waals surface area contributed by atoms with Gasteiger partial charge in [0.2, 0.25) is 0 Å². The third-order valence-electron chi connectivity index (χ3n) is 5.32. The molecule has 164 valence electrons. The highest BCUT2D eigenvalue weighted by Crippen LogP contribution is 2.33. The van der Waals surface area contributed by atoms with Gasteiger partial charge in [0.15, 0.2) is 6.10 Å². The predicted molar refractivity (Wildman–Crippen MR) is 123 cm³/mol. The van der Waals surface area contributed by atoms with Crippen LogP contribution in [0.3, 0.4) is 0 Å². The second-order valence-electron chi connectivity index (χ2n) is 7.62. The van der Waals surface area contributed by atoms with Crippen LogP contribution in [0.5, 0.6) is 5.75 Å². The van der Waals surface area contributed by atoms with E-state index in [0.29, 0.717) is 23.4 Å². The number of amides is 1. The number of carbonyl (C=O) groups is 1. The fraction of sp³-hybridized carbons (Fsp3) is 0.240. The molecule has 2 aromatic carbocycles. The van der Waals surface area contributed by atoms with Gasteiger partial charge < -0.3 is 19.0 Å². The van der Waals surface area contributed by atoms with Crippen LogP contribution in [0.15, 0.2) is 76.5 Å². The number of ether oxygens (including phenoxy) is 1. The lowest BCUT2D eigenvalue weighted by atomic mass is 10.00. The molecule has 0 aliphatic heterocycles. The van der Waals surface area contributed by atoms with Gasteiger partial charge in [-0.15, -0.1) is 0 Å². The van der Waals surface area contributed by atoms with E-state index in [1.807, 2.05) is 60.2 Å². The largest absolute Gasteiger partial charge is 0.480 e. The van der Waals surface area contributed by atoms with E-state index in [1.54, 1.807) is 19.4 Å². The summed E-state index contributed by atoms with van der Waals surface area (Å²) >= 11 is 0. The number of aromatic nitrogens is 2. The predicted octanol–water partition coefficient (Wildman–Crippen LogP) is 3.94. The summed E-state index contributed by atoms with van der Waals surface area (Å²) in [6, 6.07) is 14.9. The molecule has 0 saturated carbocycles. The Balaban J connectivity index is 1.48. The zero-order valence-electron chi connectivity index (χ0n) is 18.1. The van der Waals surface area contributed by atoms with Crippen LogP contribution < -0.4 is 15.7 Å². The Morgan fingerprint density at radius 3 is 2.78 bits per heavy atom. The average Bonchev–Trinajstić information content (AvgIpc) is 3.32. The number of imidazole rings is 1. The van der Waals surface area contributed by atoms with Crippen molar-refractivity contribution in [3.63, 3.8) is 0 Å². The monoisotopic (exact) mass is 431 g/mol. The molecular weight excluding hydrogens is 406 g/mol. The number of rotatable bonds is 8. The van der Waals surface area contributed by atoms with Gasteiger partial charge in [0.25, 0.3) is 5.91 Å². The Kier molecular flexibility index (Phi) is 6.35. The summed E-state index contributed by atoms with van der Waals surface area (Å²) < 4.78 is 13.4. The van der Waals surface area contributed by atoms with E-state index in [2.05, 4.69) is 10.3 Å². The summed E-state index contributed by atoms with van der Waals surface area (Å²) in [5, 5.41) is 3.71. The van der Waals surface area contributed by atoms with Crippen molar-refractivity contribution in [2.45, 2.75) is 32.9 Å². The zero-order chi connectivity index (χ0) is 22.5. The molecule has 0 bridgehead atoms. The Labute approximate surface area is 185 Å². The van der Waals surface area contributed by atoms with E-state index in [0.717, 1.165) is 29.5 Å². The average molecular weight is 431 g/mol. The molecule has 0 radical (unpaired) electrons. The van der Waals surface area contributed by atoms with Crippen molar-refractivity contribution >= 4 is 16.9 Å². The van der Waals surface area contributed by atoms with E-state index in [4.69, 9.17) is 9.15 Å². The van der Waals surface area contributed by atoms with Crippen LogP contribution in [0, 0.1) is 6.92 Å². The molecule has 32 heavy (non-hydrogen) atoms. The highest BCUT2D eigenvalue weighted by Gasteiger charge is 2.18. The van der Waals surface area contributed by atoms with Crippen LogP contribution in [-0.2, 0) is 11.3 Å². The zero-order valence-corrected chi connectivity index (χ0v) is 18.1. The van der Waals surface area contributed by atoms with Gasteiger partial charge in [-0.05, 0) is 43.5 Å². The van der Waals surface area contributed by atoms with Crippen LogP contribution in [0.4, 0.5) is 0 Å². The molecule has 2 heterocycles. The first-order valence-corrected chi connectivity index (χ1v) is 10.6. The number of hydrogen-bond donors (Lipinski definition) is 1. The third kappa shape index (κ3) is 4.72. The van der Waals surface area contributed by atoms with E-state index >= 15 is 0 Å². The number of carbonyl (C=O) groups excluding carboxylic acids is 1. The molecule has 4 aromatic rings. The molecule has 1 atom stereocenters. The topological polar surface area (TPSA) is 86.4 Å². The summed E-state index contributed by atoms with van der Waals surface area (Å²) in [6.07, 6.45) is 5.46. The van der Waals surface area contributed by atoms with Crippen molar-refractivity contribution in [2.75, 3.05) is 6.54 Å². The molecule has 0 aliphatic carbocycles. The quantitative estimate of drug-likeness (QED) is 0.337. The van der Waals surface area contributed by atoms with E-state index in [-0.39, 0.29) is 5.91 Å². The molecule has 0 aliphatic rings. The van der Waals surface area contributed by atoms with Crippen molar-refractivity contribution in [1.29, 1.82) is 0 Å². The standard InChI is InChI=1S/C25H25N3O4/c1-17-22(31-18(2)25(30)27-11-6-13-28-14-12-26-16-28)10-9-20-21(15-23(29)32-24(17)20)19-7-4-3-5-8-19/h3-5,7-10,12,14-16,18H,6,11,13H2,1-2H3,(H,27,30)/t18-/m1/s1. The lowest BCUT2D eigenvalue weighted by Gasteiger charge is -2.17. The number of nitrogens with zero attached hydrogens (tertiary/aromatic N) is 2. The summed E-state index contributed by atoms with van der Waals surface area (Å²) in [7, 11) is 0. The second-order valence-corrected chi connectivity index (χ2v) is 7.62. The molecule has 1 amide bonds. The lowest BCUT2D eigenvalue weighted by Crippen LogP contribution is -2.37. The maximum atomic E-state index is 12.4. The van der Waals surface area contributed by atoms with Gasteiger partial charge in [0.05, 0.1) is 6.33 Å². The summed E-state index contributed by atoms with van der Waals surface area (Å²) in [4.78, 5) is 28.7. The van der Waals surface area contributed by atoms with Crippen molar-refractivity contribution in [3.8, 4) is 16.9 Å². The van der Waals surface area contributed by atoms with Gasteiger partial charge >= 0.3 is 5.63 Å². The molecule has 0 saturated heterocycles. The van der Waals surface area contributed by atoms with Crippen LogP contribution in [0.2, 0.25) is 0 Å². The van der Waals surface area contributed by atoms with Crippen molar-refractivity contribution < 1.29 is 13.9 Å². The highest BCUT2D eigenvalue weighted by atomic mass is 16.5. The van der Waals surface area contributed by atoms with Crippen LogP contribution in [0.25, 0.3) is 22.1 Å². The maximum absolute atomic E-state index is 12.4. The maximum Gasteiger partial charge on any atom is 0.336 e. The van der Waals surface area contributed by atoms with Crippen LogP contribution >= 0.6 is 0 Å². The van der Waals surface area contributed by atoms with Crippen LogP contribution in [-0.4, -0.2) is 28.1 Å². The van der Waals surface area contributed by atoms with Gasteiger partial charge in [-0.1, -0.05) is 30.3 Å². The third-order valence-corrected chi connectivity index (χ3v) is 5.32. The number of aryl methyl sites for hydroxylation is 2. The summed E-state index contributed by atoms with van der Waals surface area (Å²) in [5.74, 6) is 0.307. The van der Waals surface area contributed by atoms with Gasteiger partial charge in [0, 0.05) is 42.5 Å². The second kappa shape index (κ2) is 9.51. The highest BCUT2D eigenvalue weighted by molar-refractivity contribution is 5.95. The van der Waals surface area contributed by atoms with Crippen LogP contribution in [0.1, 0.15) is 18.9 Å². The van der Waals surface area contributed by atoms with E-state index < -0.39 is 11.7 Å². The first-order valence-electron chi connectivity index (χ1n) is 10.6. The first kappa shape index (κ1) is 21.4. The normalized spacial score (nSPS) is 11.9. The Bertz CT molecular complexity index is 1260. The van der Waals surface area contributed by atoms with Crippen molar-refractivity contribution in [1.82, 2.24) is 14.9 Å². The number of benzene rings is 2. The molecule has 7 heteroatoms. The van der Waals surface area contributed by atoms with Crippen molar-refractivity contribution in [2.24, 2.45) is 0 Å². The molecule has 2 aromatic heterocycles. The molecule has 4 rings (SSSR count). The molecule has 7 nitrogen and oxygen atoms in total. The lowest BCUT2D eigenvalue weighted by molar-refractivity contribution is -0.127. The van der Waals surface area contributed by atoms with Gasteiger partial charge in [-0.3, -0.25) is 4.79 Å². The minimum Gasteiger partial charge on any atom is -0.480 e. The number of nitrogens with one attached hydrogen (secondary N) is 1. The SMILES string of the molecule is Cc1c(O[C@H](C)C(=O)NCCCn2ccnc2)ccc2c(-c3ccccc3)cc(=O)oc12. The first-order chi connectivity index (χ1) is 15.5. The summed E-state index contributed by atoms with van der Waals surface area (Å²) in [6.45, 7) is 4.84. The minimum atomic E-state index is -0.691. The smallest absolute Gasteiger partial charge is 0.336 e. The molecule has 1 N–H and O–H groups in total. The van der Waals surface area contributed by atoms with Gasteiger partial charge in [0.1, 0.15) is 11.3 Å². The Hall–Kier alpha value is -3.87. The van der Waals surface area contributed by atoms with E-state index in [1.165, 1.54) is 6.07 Å². The Morgan fingerprint density at radius 1 is 1.22 bits per heavy atom. The van der Waals surface area contributed by atoms with Crippen molar-refractivity contribution in [3.05, 3.63) is 83.2 Å². The Morgan fingerprint density at radius 2 is 2.03 bits per heavy atom. The fourth-order valence-corrected chi connectivity index (χ4v) is 3.61. The van der Waals surface area contributed by atoms with E-state index in [9.17, 15) is 9.59 Å².